The molecule has 88 valence electrons. The van der Waals surface area contributed by atoms with E-state index in [4.69, 9.17) is 9.52 Å². The number of carbonyl (C=O) groups is 1. The molecule has 4 heteroatoms. The lowest BCUT2D eigenvalue weighted by atomic mass is 10.1. The van der Waals surface area contributed by atoms with Crippen molar-refractivity contribution in [1.82, 2.24) is 4.98 Å². The first-order valence-electron chi connectivity index (χ1n) is 5.41. The molecular formula is C14H9NO3. The van der Waals surface area contributed by atoms with Gasteiger partial charge >= 0.3 is 5.97 Å². The quantitative estimate of drug-likeness (QED) is 0.745. The van der Waals surface area contributed by atoms with E-state index in [9.17, 15) is 4.79 Å². The molecule has 3 aromatic rings. The molecule has 1 aromatic carbocycles. The number of rotatable bonds is 2. The lowest BCUT2D eigenvalue weighted by Crippen LogP contribution is -1.96. The molecule has 0 amide bonds. The van der Waals surface area contributed by atoms with Gasteiger partial charge in [0.25, 0.3) is 0 Å². The highest BCUT2D eigenvalue weighted by molar-refractivity contribution is 5.95. The molecule has 3 rings (SSSR count). The van der Waals surface area contributed by atoms with Gasteiger partial charge < -0.3 is 9.52 Å². The summed E-state index contributed by atoms with van der Waals surface area (Å²) >= 11 is 0. The van der Waals surface area contributed by atoms with E-state index < -0.39 is 5.97 Å². The third-order valence-electron chi connectivity index (χ3n) is 2.76. The number of aromatic carboxylic acids is 1. The maximum atomic E-state index is 10.9. The Morgan fingerprint density at radius 2 is 2.06 bits per heavy atom. The van der Waals surface area contributed by atoms with Crippen LogP contribution in [-0.4, -0.2) is 16.1 Å². The summed E-state index contributed by atoms with van der Waals surface area (Å²) in [7, 11) is 0. The first-order chi connectivity index (χ1) is 8.75. The molecule has 0 aliphatic carbocycles. The molecule has 0 radical (unpaired) electrons. The van der Waals surface area contributed by atoms with E-state index in [1.165, 1.54) is 12.3 Å². The smallest absolute Gasteiger partial charge is 0.335 e. The molecule has 1 N–H and O–H groups in total. The molecule has 0 saturated carbocycles. The number of hydrogen-bond donors (Lipinski definition) is 1. The summed E-state index contributed by atoms with van der Waals surface area (Å²) in [4.78, 5) is 15.1. The van der Waals surface area contributed by atoms with Gasteiger partial charge in [-0.15, -0.1) is 0 Å². The Morgan fingerprint density at radius 1 is 1.22 bits per heavy atom. The number of carboxylic acids is 1. The fraction of sp³-hybridized carbons (Fsp3) is 0. The van der Waals surface area contributed by atoms with Gasteiger partial charge in [0.05, 0.1) is 11.3 Å². The van der Waals surface area contributed by atoms with Gasteiger partial charge in [-0.25, -0.2) is 4.79 Å². The largest absolute Gasteiger partial charge is 0.478 e. The van der Waals surface area contributed by atoms with Gasteiger partial charge in [0, 0.05) is 17.1 Å². The molecule has 2 aromatic heterocycles. The zero-order chi connectivity index (χ0) is 12.5. The van der Waals surface area contributed by atoms with Gasteiger partial charge in [-0.05, 0) is 18.2 Å². The summed E-state index contributed by atoms with van der Waals surface area (Å²) in [6, 6.07) is 10.6. The first-order valence-corrected chi connectivity index (χ1v) is 5.41. The molecule has 0 atom stereocenters. The Labute approximate surface area is 103 Å². The number of aromatic nitrogens is 1. The van der Waals surface area contributed by atoms with Crippen LogP contribution in [0.3, 0.4) is 0 Å². The van der Waals surface area contributed by atoms with Crippen molar-refractivity contribution in [3.05, 3.63) is 54.4 Å². The van der Waals surface area contributed by atoms with Crippen molar-refractivity contribution in [3.8, 4) is 11.3 Å². The summed E-state index contributed by atoms with van der Waals surface area (Å²) in [6.07, 6.45) is 3.08. The number of benzene rings is 1. The Bertz CT molecular complexity index is 730. The molecule has 18 heavy (non-hydrogen) atoms. The van der Waals surface area contributed by atoms with E-state index in [1.54, 1.807) is 12.3 Å². The van der Waals surface area contributed by atoms with Gasteiger partial charge in [0.1, 0.15) is 11.8 Å². The monoisotopic (exact) mass is 239 g/mol. The van der Waals surface area contributed by atoms with Crippen molar-refractivity contribution in [3.63, 3.8) is 0 Å². The van der Waals surface area contributed by atoms with Crippen LogP contribution in [-0.2, 0) is 0 Å². The average Bonchev–Trinajstić information content (AvgIpc) is 2.82. The lowest BCUT2D eigenvalue weighted by molar-refractivity contribution is 0.0697. The highest BCUT2D eigenvalue weighted by atomic mass is 16.4. The SMILES string of the molecule is O=C(O)c1ccnc(-c2coc3ccccc23)c1. The third-order valence-corrected chi connectivity index (χ3v) is 2.76. The molecule has 4 nitrogen and oxygen atoms in total. The number of pyridine rings is 1. The topological polar surface area (TPSA) is 63.3 Å². The van der Waals surface area contributed by atoms with E-state index in [0.717, 1.165) is 16.5 Å². The highest BCUT2D eigenvalue weighted by Crippen LogP contribution is 2.29. The molecule has 2 heterocycles. The first kappa shape index (κ1) is 10.5. The second-order valence-electron chi connectivity index (χ2n) is 3.88. The van der Waals surface area contributed by atoms with E-state index in [1.807, 2.05) is 24.3 Å². The van der Waals surface area contributed by atoms with Gasteiger partial charge in [0.2, 0.25) is 0 Å². The number of furan rings is 1. The van der Waals surface area contributed by atoms with Crippen molar-refractivity contribution in [2.24, 2.45) is 0 Å². The predicted molar refractivity (Wildman–Crippen MR) is 66.4 cm³/mol. The number of para-hydroxylation sites is 1. The van der Waals surface area contributed by atoms with Crippen molar-refractivity contribution in [2.45, 2.75) is 0 Å². The number of carboxylic acid groups (broad SMARTS) is 1. The maximum absolute atomic E-state index is 10.9. The van der Waals surface area contributed by atoms with Crippen LogP contribution in [0.15, 0.2) is 53.3 Å². The highest BCUT2D eigenvalue weighted by Gasteiger charge is 2.11. The summed E-state index contributed by atoms with van der Waals surface area (Å²) in [5, 5.41) is 9.89. The molecule has 0 aliphatic rings. The predicted octanol–water partition coefficient (Wildman–Crippen LogP) is 3.19. The van der Waals surface area contributed by atoms with E-state index in [0.29, 0.717) is 5.69 Å². The van der Waals surface area contributed by atoms with Gasteiger partial charge in [-0.1, -0.05) is 18.2 Å². The standard InChI is InChI=1S/C14H9NO3/c16-14(17)9-5-6-15-12(7-9)11-8-18-13-4-2-1-3-10(11)13/h1-8H,(H,16,17). The van der Waals surface area contributed by atoms with Crippen LogP contribution in [0.1, 0.15) is 10.4 Å². The van der Waals surface area contributed by atoms with Crippen LogP contribution < -0.4 is 0 Å². The zero-order valence-electron chi connectivity index (χ0n) is 9.33. The van der Waals surface area contributed by atoms with Gasteiger partial charge in [0.15, 0.2) is 0 Å². The maximum Gasteiger partial charge on any atom is 0.335 e. The zero-order valence-corrected chi connectivity index (χ0v) is 9.33. The van der Waals surface area contributed by atoms with E-state index in [2.05, 4.69) is 4.98 Å². The Balaban J connectivity index is 2.20. The average molecular weight is 239 g/mol. The molecule has 0 saturated heterocycles. The van der Waals surface area contributed by atoms with E-state index >= 15 is 0 Å². The fourth-order valence-corrected chi connectivity index (χ4v) is 1.89. The van der Waals surface area contributed by atoms with E-state index in [-0.39, 0.29) is 5.56 Å². The van der Waals surface area contributed by atoms with Crippen LogP contribution in [0.2, 0.25) is 0 Å². The van der Waals surface area contributed by atoms with Crippen molar-refractivity contribution in [2.75, 3.05) is 0 Å². The normalized spacial score (nSPS) is 10.7. The number of nitrogens with zero attached hydrogens (tertiary/aromatic N) is 1. The molecule has 0 spiro atoms. The van der Waals surface area contributed by atoms with Crippen molar-refractivity contribution >= 4 is 16.9 Å². The van der Waals surface area contributed by atoms with Crippen molar-refractivity contribution in [1.29, 1.82) is 0 Å². The summed E-state index contributed by atoms with van der Waals surface area (Å²) < 4.78 is 5.42. The van der Waals surface area contributed by atoms with Crippen LogP contribution in [0, 0.1) is 0 Å². The molecule has 0 aliphatic heterocycles. The Hall–Kier alpha value is -2.62. The second kappa shape index (κ2) is 4.00. The molecule has 0 unspecified atom stereocenters. The third kappa shape index (κ3) is 1.64. The Morgan fingerprint density at radius 3 is 2.89 bits per heavy atom. The minimum atomic E-state index is -0.966. The van der Waals surface area contributed by atoms with Crippen LogP contribution in [0.4, 0.5) is 0 Å². The summed E-state index contributed by atoms with van der Waals surface area (Å²) in [5.74, 6) is -0.966. The van der Waals surface area contributed by atoms with Crippen LogP contribution in [0.25, 0.3) is 22.2 Å². The van der Waals surface area contributed by atoms with Gasteiger partial charge in [-0.3, -0.25) is 4.98 Å². The van der Waals surface area contributed by atoms with Crippen LogP contribution >= 0.6 is 0 Å². The molecule has 0 bridgehead atoms. The molecular weight excluding hydrogens is 230 g/mol. The van der Waals surface area contributed by atoms with Gasteiger partial charge in [-0.2, -0.15) is 0 Å². The Kier molecular flexibility index (Phi) is 2.34. The number of hydrogen-bond acceptors (Lipinski definition) is 3. The summed E-state index contributed by atoms with van der Waals surface area (Å²) in [6.45, 7) is 0. The van der Waals surface area contributed by atoms with Crippen LogP contribution in [0.5, 0.6) is 0 Å². The number of fused-ring (bicyclic) bond motifs is 1. The minimum Gasteiger partial charge on any atom is -0.478 e. The fourth-order valence-electron chi connectivity index (χ4n) is 1.89. The lowest BCUT2D eigenvalue weighted by Gasteiger charge is -1.99. The second-order valence-corrected chi connectivity index (χ2v) is 3.88. The minimum absolute atomic E-state index is 0.213. The summed E-state index contributed by atoms with van der Waals surface area (Å²) in [5.41, 5.74) is 2.37. The van der Waals surface area contributed by atoms with Crippen molar-refractivity contribution < 1.29 is 14.3 Å². The molecule has 0 fully saturated rings.